The molecule has 0 aromatic carbocycles. The monoisotopic (exact) mass is 1070 g/mol. The van der Waals surface area contributed by atoms with Crippen LogP contribution in [0, 0.1) is 0 Å². The predicted octanol–water partition coefficient (Wildman–Crippen LogP) is 23.2. The molecule has 0 aliphatic heterocycles. The first-order chi connectivity index (χ1) is 37.5. The molecular weight excluding hydrogens is 937 g/mol. The maximum atomic E-state index is 12.9. The largest absolute Gasteiger partial charge is 0.462 e. The summed E-state index contributed by atoms with van der Waals surface area (Å²) in [5.74, 6) is -0.882. The Bertz CT molecular complexity index is 1270. The molecule has 446 valence electrons. The van der Waals surface area contributed by atoms with Gasteiger partial charge in [0, 0.05) is 19.3 Å². The number of hydrogen-bond donors (Lipinski definition) is 0. The molecule has 0 N–H and O–H groups in total. The molecule has 76 heavy (non-hydrogen) atoms. The van der Waals surface area contributed by atoms with Gasteiger partial charge in [0.25, 0.3) is 0 Å². The van der Waals surface area contributed by atoms with Crippen LogP contribution in [-0.2, 0) is 28.6 Å². The molecule has 0 fully saturated rings. The molecule has 0 bridgehead atoms. The van der Waals surface area contributed by atoms with Crippen molar-refractivity contribution in [2.24, 2.45) is 0 Å². The number of esters is 3. The van der Waals surface area contributed by atoms with Gasteiger partial charge in [-0.25, -0.2) is 0 Å². The van der Waals surface area contributed by atoms with Crippen molar-refractivity contribution in [3.63, 3.8) is 0 Å². The highest BCUT2D eigenvalue weighted by Crippen LogP contribution is 2.18. The molecule has 0 radical (unpaired) electrons. The third kappa shape index (κ3) is 62.5. The Labute approximate surface area is 474 Å². The lowest BCUT2D eigenvalue weighted by Gasteiger charge is -2.18. The molecule has 6 heteroatoms. The number of unbranched alkanes of at least 4 members (excludes halogenated alkanes) is 46. The van der Waals surface area contributed by atoms with Gasteiger partial charge in [0.05, 0.1) is 0 Å². The van der Waals surface area contributed by atoms with Gasteiger partial charge in [-0.1, -0.05) is 320 Å². The van der Waals surface area contributed by atoms with E-state index in [0.29, 0.717) is 19.3 Å². The lowest BCUT2D eigenvalue weighted by molar-refractivity contribution is -0.167. The SMILES string of the molecule is CCC/C=C\CCCCCCCC(=O)OCC(COC(=O)CCCCCCCCCCCCCCCCCCCCCCCCCCCCCCCCCC)OC(=O)CCCCCCC/C=C\C/C=C\CCCCCC. The molecule has 0 heterocycles. The van der Waals surface area contributed by atoms with Crippen molar-refractivity contribution in [3.05, 3.63) is 36.5 Å². The fraction of sp³-hybridized carbons (Fsp3) is 0.871. The zero-order valence-corrected chi connectivity index (χ0v) is 51.3. The number of rotatable bonds is 63. The third-order valence-electron chi connectivity index (χ3n) is 15.3. The minimum absolute atomic E-state index is 0.0769. The molecular formula is C70H130O6. The second-order valence-electron chi connectivity index (χ2n) is 23.1. The summed E-state index contributed by atoms with van der Waals surface area (Å²) in [5, 5.41) is 0. The van der Waals surface area contributed by atoms with Gasteiger partial charge in [-0.15, -0.1) is 0 Å². The number of allylic oxidation sites excluding steroid dienone is 6. The van der Waals surface area contributed by atoms with Crippen molar-refractivity contribution in [2.45, 2.75) is 380 Å². The van der Waals surface area contributed by atoms with Gasteiger partial charge >= 0.3 is 17.9 Å². The van der Waals surface area contributed by atoms with Crippen LogP contribution in [0.5, 0.6) is 0 Å². The highest BCUT2D eigenvalue weighted by atomic mass is 16.6. The molecule has 0 saturated heterocycles. The van der Waals surface area contributed by atoms with Crippen LogP contribution in [0.1, 0.15) is 374 Å². The van der Waals surface area contributed by atoms with Crippen LogP contribution in [-0.4, -0.2) is 37.2 Å². The van der Waals surface area contributed by atoms with Crippen LogP contribution in [0.2, 0.25) is 0 Å². The zero-order chi connectivity index (χ0) is 55.0. The van der Waals surface area contributed by atoms with E-state index in [4.69, 9.17) is 14.2 Å². The van der Waals surface area contributed by atoms with Crippen LogP contribution in [0.4, 0.5) is 0 Å². The van der Waals surface area contributed by atoms with E-state index in [9.17, 15) is 14.4 Å². The summed E-state index contributed by atoms with van der Waals surface area (Å²) in [4.78, 5) is 38.2. The first-order valence-electron chi connectivity index (χ1n) is 34.0. The van der Waals surface area contributed by atoms with Gasteiger partial charge in [-0.05, 0) is 70.6 Å². The van der Waals surface area contributed by atoms with Gasteiger partial charge < -0.3 is 14.2 Å². The van der Waals surface area contributed by atoms with Crippen molar-refractivity contribution in [1.29, 1.82) is 0 Å². The lowest BCUT2D eigenvalue weighted by Crippen LogP contribution is -2.30. The van der Waals surface area contributed by atoms with Crippen molar-refractivity contribution in [2.75, 3.05) is 13.2 Å². The van der Waals surface area contributed by atoms with E-state index in [2.05, 4.69) is 57.2 Å². The van der Waals surface area contributed by atoms with E-state index in [-0.39, 0.29) is 31.1 Å². The quantitative estimate of drug-likeness (QED) is 0.0261. The average molecular weight is 1070 g/mol. The number of carbonyl (C=O) groups excluding carboxylic acids is 3. The summed E-state index contributed by atoms with van der Waals surface area (Å²) in [6.45, 7) is 6.60. The van der Waals surface area contributed by atoms with Gasteiger partial charge in [0.15, 0.2) is 6.10 Å². The van der Waals surface area contributed by atoms with E-state index in [1.807, 2.05) is 0 Å². The zero-order valence-electron chi connectivity index (χ0n) is 51.3. The molecule has 1 unspecified atom stereocenters. The second-order valence-corrected chi connectivity index (χ2v) is 23.1. The summed E-state index contributed by atoms with van der Waals surface area (Å²) >= 11 is 0. The van der Waals surface area contributed by atoms with E-state index in [1.54, 1.807) is 0 Å². The molecule has 0 aliphatic carbocycles. The first-order valence-corrected chi connectivity index (χ1v) is 34.0. The molecule has 0 aliphatic rings. The fourth-order valence-corrected chi connectivity index (χ4v) is 10.2. The maximum absolute atomic E-state index is 12.9. The average Bonchev–Trinajstić information content (AvgIpc) is 3.42. The highest BCUT2D eigenvalue weighted by Gasteiger charge is 2.19. The minimum Gasteiger partial charge on any atom is -0.462 e. The Balaban J connectivity index is 4.05. The minimum atomic E-state index is -0.780. The molecule has 6 nitrogen and oxygen atoms in total. The van der Waals surface area contributed by atoms with Crippen LogP contribution in [0.25, 0.3) is 0 Å². The molecule has 0 rings (SSSR count). The Morgan fingerprint density at radius 1 is 0.263 bits per heavy atom. The van der Waals surface area contributed by atoms with E-state index in [1.165, 1.54) is 238 Å². The van der Waals surface area contributed by atoms with E-state index < -0.39 is 6.10 Å². The summed E-state index contributed by atoms with van der Waals surface area (Å²) in [6.07, 6.45) is 80.6. The molecule has 0 aromatic rings. The predicted molar refractivity (Wildman–Crippen MR) is 330 cm³/mol. The summed E-state index contributed by atoms with van der Waals surface area (Å²) in [7, 11) is 0. The standard InChI is InChI=1S/C70H130O6/c1-4-7-10-13-16-19-22-24-26-28-29-30-31-32-33-34-35-36-37-38-39-40-41-42-43-45-46-48-51-54-57-60-63-69(72)75-66-67(65-74-68(71)62-59-56-53-50-21-18-15-12-9-6-3)76-70(73)64-61-58-55-52-49-47-44-27-25-23-20-17-14-11-8-5-2/h12,15,20,23,27,44,67H,4-11,13-14,16-19,21-22,24-26,28-43,45-66H2,1-3H3/b15-12-,23-20-,44-27-. The smallest absolute Gasteiger partial charge is 0.306 e. The molecule has 1 atom stereocenters. The van der Waals surface area contributed by atoms with E-state index >= 15 is 0 Å². The van der Waals surface area contributed by atoms with Crippen LogP contribution >= 0.6 is 0 Å². The van der Waals surface area contributed by atoms with E-state index in [0.717, 1.165) is 96.3 Å². The fourth-order valence-electron chi connectivity index (χ4n) is 10.2. The van der Waals surface area contributed by atoms with Crippen molar-refractivity contribution >= 4 is 17.9 Å². The Hall–Kier alpha value is -2.37. The second kappa shape index (κ2) is 65.2. The van der Waals surface area contributed by atoms with Gasteiger partial charge in [0.2, 0.25) is 0 Å². The van der Waals surface area contributed by atoms with Crippen LogP contribution in [0.15, 0.2) is 36.5 Å². The molecule has 0 amide bonds. The highest BCUT2D eigenvalue weighted by molar-refractivity contribution is 5.71. The van der Waals surface area contributed by atoms with Crippen molar-refractivity contribution < 1.29 is 28.6 Å². The van der Waals surface area contributed by atoms with Gasteiger partial charge in [0.1, 0.15) is 13.2 Å². The molecule has 0 saturated carbocycles. The maximum Gasteiger partial charge on any atom is 0.306 e. The Morgan fingerprint density at radius 2 is 0.500 bits per heavy atom. The topological polar surface area (TPSA) is 78.9 Å². The summed E-state index contributed by atoms with van der Waals surface area (Å²) in [5.41, 5.74) is 0. The number of ether oxygens (including phenoxy) is 3. The molecule has 0 aromatic heterocycles. The molecule has 0 spiro atoms. The van der Waals surface area contributed by atoms with Gasteiger partial charge in [-0.2, -0.15) is 0 Å². The first kappa shape index (κ1) is 73.6. The number of hydrogen-bond acceptors (Lipinski definition) is 6. The van der Waals surface area contributed by atoms with Crippen LogP contribution in [0.3, 0.4) is 0 Å². The van der Waals surface area contributed by atoms with Crippen LogP contribution < -0.4 is 0 Å². The summed E-state index contributed by atoms with van der Waals surface area (Å²) < 4.78 is 16.9. The summed E-state index contributed by atoms with van der Waals surface area (Å²) in [6, 6.07) is 0. The van der Waals surface area contributed by atoms with Gasteiger partial charge in [-0.3, -0.25) is 14.4 Å². The lowest BCUT2D eigenvalue weighted by atomic mass is 10.0. The normalized spacial score (nSPS) is 12.2. The third-order valence-corrected chi connectivity index (χ3v) is 15.3. The van der Waals surface area contributed by atoms with Crippen molar-refractivity contribution in [3.8, 4) is 0 Å². The number of carbonyl (C=O) groups is 3. The van der Waals surface area contributed by atoms with Crippen molar-refractivity contribution in [1.82, 2.24) is 0 Å². The Kier molecular flexibility index (Phi) is 63.1. The Morgan fingerprint density at radius 3 is 0.803 bits per heavy atom.